The van der Waals surface area contributed by atoms with E-state index in [-0.39, 0.29) is 5.69 Å². The van der Waals surface area contributed by atoms with Gasteiger partial charge in [-0.1, -0.05) is 6.07 Å². The van der Waals surface area contributed by atoms with Crippen molar-refractivity contribution >= 4 is 28.4 Å². The molecule has 3 aromatic carbocycles. The number of halogens is 3. The normalized spacial score (nSPS) is 11.5. The summed E-state index contributed by atoms with van der Waals surface area (Å²) >= 11 is 0. The molecule has 7 nitrogen and oxygen atoms in total. The van der Waals surface area contributed by atoms with Crippen LogP contribution in [-0.4, -0.2) is 35.0 Å². The molecule has 0 aliphatic carbocycles. The Morgan fingerprint density at radius 3 is 2.34 bits per heavy atom. The van der Waals surface area contributed by atoms with Crippen molar-refractivity contribution in [1.29, 1.82) is 0 Å². The lowest BCUT2D eigenvalue weighted by molar-refractivity contribution is -0.137. The van der Waals surface area contributed by atoms with Crippen LogP contribution in [0.3, 0.4) is 0 Å². The van der Waals surface area contributed by atoms with E-state index >= 15 is 0 Å². The minimum atomic E-state index is -4.49. The molecule has 0 aliphatic rings. The Balaban J connectivity index is 1.39. The molecule has 4 rings (SSSR count). The number of urea groups is 1. The van der Waals surface area contributed by atoms with E-state index in [9.17, 15) is 18.0 Å². The van der Waals surface area contributed by atoms with Crippen LogP contribution >= 0.6 is 0 Å². The number of ether oxygens (including phenoxy) is 1. The molecule has 0 fully saturated rings. The highest BCUT2D eigenvalue weighted by Gasteiger charge is 2.30. The van der Waals surface area contributed by atoms with Crippen LogP contribution in [0.4, 0.5) is 29.3 Å². The zero-order chi connectivity index (χ0) is 25.0. The van der Waals surface area contributed by atoms with E-state index in [1.165, 1.54) is 12.1 Å². The Bertz CT molecular complexity index is 1340. The summed E-state index contributed by atoms with van der Waals surface area (Å²) in [7, 11) is 3.91. The smallest absolute Gasteiger partial charge is 0.416 e. The molecule has 1 aromatic heterocycles. The van der Waals surface area contributed by atoms with Gasteiger partial charge in [0.15, 0.2) is 0 Å². The highest BCUT2D eigenvalue weighted by molar-refractivity contribution is 5.99. The number of hydrogen-bond donors (Lipinski definition) is 2. The van der Waals surface area contributed by atoms with E-state index in [0.29, 0.717) is 29.2 Å². The lowest BCUT2D eigenvalue weighted by Gasteiger charge is -2.12. The number of benzene rings is 3. The SMILES string of the molecule is CN(C)Cc1cnc2ccc(Oc3ccc(NC(=O)Nc4cccc(C(F)(F)F)c4)cc3)cc2n1. The van der Waals surface area contributed by atoms with Crippen LogP contribution in [0.1, 0.15) is 11.3 Å². The second-order valence-electron chi connectivity index (χ2n) is 8.03. The molecule has 0 atom stereocenters. The summed E-state index contributed by atoms with van der Waals surface area (Å²) in [6.45, 7) is 0.670. The lowest BCUT2D eigenvalue weighted by Crippen LogP contribution is -2.19. The lowest BCUT2D eigenvalue weighted by atomic mass is 10.2. The van der Waals surface area contributed by atoms with E-state index in [4.69, 9.17) is 4.74 Å². The molecule has 0 bridgehead atoms. The first-order chi connectivity index (χ1) is 16.7. The van der Waals surface area contributed by atoms with Gasteiger partial charge in [-0.2, -0.15) is 13.2 Å². The number of anilines is 2. The monoisotopic (exact) mass is 481 g/mol. The molecule has 2 N–H and O–H groups in total. The molecular weight excluding hydrogens is 459 g/mol. The second-order valence-corrected chi connectivity index (χ2v) is 8.03. The van der Waals surface area contributed by atoms with Crippen molar-refractivity contribution in [3.63, 3.8) is 0 Å². The van der Waals surface area contributed by atoms with Crippen molar-refractivity contribution < 1.29 is 22.7 Å². The van der Waals surface area contributed by atoms with Gasteiger partial charge in [-0.15, -0.1) is 0 Å². The average molecular weight is 481 g/mol. The summed E-state index contributed by atoms with van der Waals surface area (Å²) in [6.07, 6.45) is -2.74. The number of carbonyl (C=O) groups excluding carboxylic acids is 1. The summed E-state index contributed by atoms with van der Waals surface area (Å²) in [5.74, 6) is 1.11. The Hall–Kier alpha value is -4.18. The number of alkyl halides is 3. The predicted molar refractivity (Wildman–Crippen MR) is 128 cm³/mol. The van der Waals surface area contributed by atoms with Crippen molar-refractivity contribution in [2.24, 2.45) is 0 Å². The number of fused-ring (bicyclic) bond motifs is 1. The van der Waals surface area contributed by atoms with Crippen LogP contribution in [0, 0.1) is 0 Å². The van der Waals surface area contributed by atoms with Crippen molar-refractivity contribution in [2.45, 2.75) is 12.7 Å². The maximum atomic E-state index is 12.8. The number of hydrogen-bond acceptors (Lipinski definition) is 5. The van der Waals surface area contributed by atoms with E-state index in [2.05, 4.69) is 20.6 Å². The minimum Gasteiger partial charge on any atom is -0.457 e. The second kappa shape index (κ2) is 9.98. The summed E-state index contributed by atoms with van der Waals surface area (Å²) in [5, 5.41) is 4.97. The molecule has 180 valence electrons. The molecule has 35 heavy (non-hydrogen) atoms. The fraction of sp³-hybridized carbons (Fsp3) is 0.160. The topological polar surface area (TPSA) is 79.4 Å². The predicted octanol–water partition coefficient (Wildman–Crippen LogP) is 6.15. The van der Waals surface area contributed by atoms with Gasteiger partial charge in [0.25, 0.3) is 0 Å². The van der Waals surface area contributed by atoms with E-state index < -0.39 is 17.8 Å². The van der Waals surface area contributed by atoms with Crippen LogP contribution < -0.4 is 15.4 Å². The third-order valence-electron chi connectivity index (χ3n) is 4.84. The van der Waals surface area contributed by atoms with Gasteiger partial charge in [-0.25, -0.2) is 9.78 Å². The molecule has 4 aromatic rings. The van der Waals surface area contributed by atoms with Gasteiger partial charge < -0.3 is 20.3 Å². The molecule has 2 amide bonds. The zero-order valence-corrected chi connectivity index (χ0v) is 18.9. The Kier molecular flexibility index (Phi) is 6.83. The van der Waals surface area contributed by atoms with Gasteiger partial charge >= 0.3 is 12.2 Å². The van der Waals surface area contributed by atoms with Crippen LogP contribution in [0.15, 0.2) is 72.9 Å². The summed E-state index contributed by atoms with van der Waals surface area (Å²) in [4.78, 5) is 23.2. The molecule has 0 unspecified atom stereocenters. The number of aromatic nitrogens is 2. The quantitative estimate of drug-likeness (QED) is 0.346. The third-order valence-corrected chi connectivity index (χ3v) is 4.84. The van der Waals surface area contributed by atoms with Crippen LogP contribution in [-0.2, 0) is 12.7 Å². The van der Waals surface area contributed by atoms with Crippen molar-refractivity contribution in [1.82, 2.24) is 14.9 Å². The van der Waals surface area contributed by atoms with Gasteiger partial charge in [0.2, 0.25) is 0 Å². The standard InChI is InChI=1S/C25H22F3N5O2/c1-33(2)15-19-14-29-22-11-10-21(13-23(22)30-19)35-20-8-6-17(7-9-20)31-24(34)32-18-5-3-4-16(12-18)25(26,27)28/h3-14H,15H2,1-2H3,(H2,31,32,34). The third kappa shape index (κ3) is 6.45. The molecule has 0 spiro atoms. The highest BCUT2D eigenvalue weighted by atomic mass is 19.4. The summed E-state index contributed by atoms with van der Waals surface area (Å²) < 4.78 is 44.4. The summed E-state index contributed by atoms with van der Waals surface area (Å²) in [5.41, 5.74) is 1.95. The van der Waals surface area contributed by atoms with Gasteiger partial charge in [0.1, 0.15) is 11.5 Å². The number of nitrogens with zero attached hydrogens (tertiary/aromatic N) is 3. The number of rotatable bonds is 6. The number of carbonyl (C=O) groups is 1. The van der Waals surface area contributed by atoms with Crippen molar-refractivity contribution in [2.75, 3.05) is 24.7 Å². The molecule has 10 heteroatoms. The maximum Gasteiger partial charge on any atom is 0.416 e. The van der Waals surface area contributed by atoms with Crippen LogP contribution in [0.25, 0.3) is 11.0 Å². The van der Waals surface area contributed by atoms with Crippen molar-refractivity contribution in [3.05, 3.63) is 84.2 Å². The number of nitrogens with one attached hydrogen (secondary N) is 2. The molecule has 0 saturated heterocycles. The van der Waals surface area contributed by atoms with E-state index in [1.807, 2.05) is 25.1 Å². The van der Waals surface area contributed by atoms with Gasteiger partial charge in [0.05, 0.1) is 28.5 Å². The maximum absolute atomic E-state index is 12.8. The molecule has 0 saturated carbocycles. The van der Waals surface area contributed by atoms with Gasteiger partial charge in [-0.3, -0.25) is 4.98 Å². The molecule has 0 radical (unpaired) electrons. The van der Waals surface area contributed by atoms with Gasteiger partial charge in [0, 0.05) is 24.0 Å². The highest BCUT2D eigenvalue weighted by Crippen LogP contribution is 2.31. The zero-order valence-electron chi connectivity index (χ0n) is 18.9. The largest absolute Gasteiger partial charge is 0.457 e. The number of amides is 2. The first-order valence-corrected chi connectivity index (χ1v) is 10.6. The fourth-order valence-corrected chi connectivity index (χ4v) is 3.30. The Morgan fingerprint density at radius 1 is 0.914 bits per heavy atom. The molecule has 1 heterocycles. The van der Waals surface area contributed by atoms with E-state index in [0.717, 1.165) is 23.3 Å². The summed E-state index contributed by atoms with van der Waals surface area (Å²) in [6, 6.07) is 15.7. The van der Waals surface area contributed by atoms with Crippen LogP contribution in [0.2, 0.25) is 0 Å². The van der Waals surface area contributed by atoms with Crippen molar-refractivity contribution in [3.8, 4) is 11.5 Å². The first kappa shape index (κ1) is 24.0. The fourth-order valence-electron chi connectivity index (χ4n) is 3.30. The van der Waals surface area contributed by atoms with Crippen LogP contribution in [0.5, 0.6) is 11.5 Å². The minimum absolute atomic E-state index is 0.0328. The average Bonchev–Trinajstić information content (AvgIpc) is 2.79. The van der Waals surface area contributed by atoms with Gasteiger partial charge in [-0.05, 0) is 68.7 Å². The Morgan fingerprint density at radius 2 is 1.63 bits per heavy atom. The van der Waals surface area contributed by atoms with E-state index in [1.54, 1.807) is 42.6 Å². The molecule has 0 aliphatic heterocycles. The first-order valence-electron chi connectivity index (χ1n) is 10.6. The Labute approximate surface area is 199 Å². The molecular formula is C25H22F3N5O2.